The first kappa shape index (κ1) is 18.3. The molecule has 4 heterocycles. The van der Waals surface area contributed by atoms with E-state index in [1.54, 1.807) is 4.68 Å². The van der Waals surface area contributed by atoms with Crippen molar-refractivity contribution in [1.82, 2.24) is 24.5 Å². The Balaban J connectivity index is 1.47. The lowest BCUT2D eigenvalue weighted by molar-refractivity contribution is -0.117. The minimum absolute atomic E-state index is 0.0778. The van der Waals surface area contributed by atoms with Gasteiger partial charge in [-0.25, -0.2) is 4.98 Å². The van der Waals surface area contributed by atoms with Crippen LogP contribution < -0.4 is 4.74 Å². The van der Waals surface area contributed by atoms with Gasteiger partial charge in [-0.15, -0.1) is 0 Å². The van der Waals surface area contributed by atoms with E-state index in [4.69, 9.17) is 14.5 Å². The van der Waals surface area contributed by atoms with Gasteiger partial charge in [0.1, 0.15) is 11.9 Å². The molecule has 1 aliphatic heterocycles. The zero-order chi connectivity index (χ0) is 20.0. The molecule has 8 nitrogen and oxygen atoms in total. The molecule has 1 saturated heterocycles. The van der Waals surface area contributed by atoms with Crippen LogP contribution in [0, 0.1) is 5.92 Å². The molecule has 8 heteroatoms. The van der Waals surface area contributed by atoms with Crippen LogP contribution in [0.1, 0.15) is 38.6 Å². The van der Waals surface area contributed by atoms with Crippen LogP contribution in [-0.2, 0) is 16.6 Å². The molecule has 1 saturated carbocycles. The minimum atomic E-state index is -0.0778. The van der Waals surface area contributed by atoms with Crippen molar-refractivity contribution >= 4 is 16.7 Å². The molecule has 2 aliphatic rings. The summed E-state index contributed by atoms with van der Waals surface area (Å²) in [7, 11) is 1.89. The van der Waals surface area contributed by atoms with Crippen molar-refractivity contribution in [3.63, 3.8) is 0 Å². The summed E-state index contributed by atoms with van der Waals surface area (Å²) >= 11 is 0. The van der Waals surface area contributed by atoms with Gasteiger partial charge in [-0.1, -0.05) is 0 Å². The summed E-state index contributed by atoms with van der Waals surface area (Å²) in [4.78, 5) is 16.5. The maximum absolute atomic E-state index is 11.7. The summed E-state index contributed by atoms with van der Waals surface area (Å²) in [6, 6.07) is 2.25. The van der Waals surface area contributed by atoms with Crippen LogP contribution in [0.2, 0.25) is 0 Å². The lowest BCUT2D eigenvalue weighted by Crippen LogP contribution is -2.22. The largest absolute Gasteiger partial charge is 0.474 e. The third-order valence-electron chi connectivity index (χ3n) is 6.01. The van der Waals surface area contributed by atoms with E-state index < -0.39 is 0 Å². The molecule has 29 heavy (non-hydrogen) atoms. The number of pyridine rings is 1. The molecule has 3 aromatic heterocycles. The highest BCUT2D eigenvalue weighted by molar-refractivity contribution is 5.86. The molecule has 0 bridgehead atoms. The number of aromatic nitrogens is 5. The number of ketones is 1. The molecule has 2 fully saturated rings. The first-order valence-electron chi connectivity index (χ1n) is 10.2. The van der Waals surface area contributed by atoms with E-state index in [-0.39, 0.29) is 18.1 Å². The average Bonchev–Trinajstić information content (AvgIpc) is 3.47. The Kier molecular flexibility index (Phi) is 4.58. The van der Waals surface area contributed by atoms with Crippen LogP contribution >= 0.6 is 0 Å². The quantitative estimate of drug-likeness (QED) is 0.660. The van der Waals surface area contributed by atoms with Crippen molar-refractivity contribution in [3.8, 4) is 17.1 Å². The van der Waals surface area contributed by atoms with Crippen LogP contribution in [-0.4, -0.2) is 49.6 Å². The van der Waals surface area contributed by atoms with Crippen LogP contribution in [0.15, 0.2) is 24.7 Å². The van der Waals surface area contributed by atoms with Gasteiger partial charge in [-0.2, -0.15) is 10.2 Å². The fraction of sp³-hybridized carbons (Fsp3) is 0.524. The second kappa shape index (κ2) is 7.26. The SMILES string of the molecule is C[C@@H](Oc1nc(-c2cnn([C@@H]3CCOC3)c2)cc2nn(C)cc12)[C@H]1CCC(=O)C1. The Labute approximate surface area is 168 Å². The molecule has 0 radical (unpaired) electrons. The Bertz CT molecular complexity index is 1050. The van der Waals surface area contributed by atoms with Crippen LogP contribution in [0.25, 0.3) is 22.2 Å². The number of aryl methyl sites for hydroxylation is 1. The summed E-state index contributed by atoms with van der Waals surface area (Å²) < 4.78 is 15.5. The molecule has 0 aromatic carbocycles. The Hall–Kier alpha value is -2.74. The summed E-state index contributed by atoms with van der Waals surface area (Å²) in [6.07, 6.45) is 8.79. The molecule has 0 spiro atoms. The standard InChI is InChI=1S/C21H25N5O3/c1-13(14-3-4-17(27)7-14)29-21-18-11-25(2)24-20(18)8-19(23-21)15-9-22-26(10-15)16-5-6-28-12-16/h8-11,13-14,16H,3-7,12H2,1-2H3/t13-,14+,16-/m1/s1. The number of hydrogen-bond acceptors (Lipinski definition) is 6. The topological polar surface area (TPSA) is 84.1 Å². The lowest BCUT2D eigenvalue weighted by atomic mass is 10.0. The van der Waals surface area contributed by atoms with E-state index in [1.165, 1.54) is 0 Å². The third kappa shape index (κ3) is 3.53. The molecule has 0 N–H and O–H groups in total. The maximum Gasteiger partial charge on any atom is 0.225 e. The van der Waals surface area contributed by atoms with Gasteiger partial charge in [0.15, 0.2) is 0 Å². The zero-order valence-corrected chi connectivity index (χ0v) is 16.7. The van der Waals surface area contributed by atoms with Gasteiger partial charge in [0, 0.05) is 50.4 Å². The molecule has 5 rings (SSSR count). The van der Waals surface area contributed by atoms with Crippen LogP contribution in [0.4, 0.5) is 0 Å². The average molecular weight is 395 g/mol. The first-order valence-corrected chi connectivity index (χ1v) is 10.2. The van der Waals surface area contributed by atoms with E-state index in [9.17, 15) is 4.79 Å². The van der Waals surface area contributed by atoms with Gasteiger partial charge in [0.25, 0.3) is 0 Å². The molecule has 0 amide bonds. The number of Topliss-reactive ketones (excluding diaryl/α,β-unsaturated/α-hetero) is 1. The first-order chi connectivity index (χ1) is 14.1. The molecule has 3 aromatic rings. The normalized spacial score (nSPS) is 23.2. The molecule has 0 unspecified atom stereocenters. The van der Waals surface area contributed by atoms with E-state index in [0.717, 1.165) is 41.6 Å². The predicted molar refractivity (Wildman–Crippen MR) is 107 cm³/mol. The third-order valence-corrected chi connectivity index (χ3v) is 6.01. The van der Waals surface area contributed by atoms with Crippen molar-refractivity contribution in [2.75, 3.05) is 13.2 Å². The van der Waals surface area contributed by atoms with Crippen molar-refractivity contribution in [3.05, 3.63) is 24.7 Å². The van der Waals surface area contributed by atoms with E-state index in [2.05, 4.69) is 10.2 Å². The molecule has 1 aliphatic carbocycles. The molecular weight excluding hydrogens is 370 g/mol. The number of ether oxygens (including phenoxy) is 2. The van der Waals surface area contributed by atoms with Gasteiger partial charge < -0.3 is 9.47 Å². The highest BCUT2D eigenvalue weighted by atomic mass is 16.5. The molecule has 152 valence electrons. The number of carbonyl (C=O) groups is 1. The van der Waals surface area contributed by atoms with Gasteiger partial charge in [-0.05, 0) is 25.8 Å². The Morgan fingerprint density at radius 2 is 2.21 bits per heavy atom. The summed E-state index contributed by atoms with van der Waals surface area (Å²) in [5.41, 5.74) is 2.54. The minimum Gasteiger partial charge on any atom is -0.474 e. The number of carbonyl (C=O) groups excluding carboxylic acids is 1. The van der Waals surface area contributed by atoms with Crippen molar-refractivity contribution in [2.24, 2.45) is 13.0 Å². The van der Waals surface area contributed by atoms with Crippen LogP contribution in [0.3, 0.4) is 0 Å². The van der Waals surface area contributed by atoms with Gasteiger partial charge in [0.05, 0.1) is 35.4 Å². The lowest BCUT2D eigenvalue weighted by Gasteiger charge is -2.20. The Morgan fingerprint density at radius 3 is 2.97 bits per heavy atom. The fourth-order valence-electron chi connectivity index (χ4n) is 4.26. The van der Waals surface area contributed by atoms with Crippen LogP contribution in [0.5, 0.6) is 5.88 Å². The maximum atomic E-state index is 11.7. The summed E-state index contributed by atoms with van der Waals surface area (Å²) in [5.74, 6) is 1.13. The van der Waals surface area contributed by atoms with Gasteiger partial charge >= 0.3 is 0 Å². The van der Waals surface area contributed by atoms with Gasteiger partial charge in [-0.3, -0.25) is 14.2 Å². The van der Waals surface area contributed by atoms with E-state index in [1.807, 2.05) is 43.3 Å². The van der Waals surface area contributed by atoms with Crippen molar-refractivity contribution in [2.45, 2.75) is 44.8 Å². The summed E-state index contributed by atoms with van der Waals surface area (Å²) in [5, 5.41) is 9.95. The Morgan fingerprint density at radius 1 is 1.31 bits per heavy atom. The smallest absolute Gasteiger partial charge is 0.225 e. The van der Waals surface area contributed by atoms with E-state index >= 15 is 0 Å². The number of hydrogen-bond donors (Lipinski definition) is 0. The second-order valence-electron chi connectivity index (χ2n) is 8.14. The zero-order valence-electron chi connectivity index (χ0n) is 16.7. The number of rotatable bonds is 5. The van der Waals surface area contributed by atoms with Crippen molar-refractivity contribution < 1.29 is 14.3 Å². The monoisotopic (exact) mass is 395 g/mol. The number of fused-ring (bicyclic) bond motifs is 1. The molecule has 3 atom stereocenters. The van der Waals surface area contributed by atoms with Gasteiger partial charge in [0.2, 0.25) is 5.88 Å². The predicted octanol–water partition coefficient (Wildman–Crippen LogP) is 2.93. The highest BCUT2D eigenvalue weighted by Gasteiger charge is 2.29. The number of nitrogens with zero attached hydrogens (tertiary/aromatic N) is 5. The van der Waals surface area contributed by atoms with E-state index in [0.29, 0.717) is 31.1 Å². The summed E-state index contributed by atoms with van der Waals surface area (Å²) in [6.45, 7) is 3.50. The van der Waals surface area contributed by atoms with Crippen molar-refractivity contribution in [1.29, 1.82) is 0 Å². The second-order valence-corrected chi connectivity index (χ2v) is 8.14. The fourth-order valence-corrected chi connectivity index (χ4v) is 4.26. The molecular formula is C21H25N5O3. The highest BCUT2D eigenvalue weighted by Crippen LogP contribution is 2.33.